The average Bonchev–Trinajstić information content (AvgIpc) is 2.34. The first-order chi connectivity index (χ1) is 5.99. The minimum atomic E-state index is -1.48. The molecule has 0 aromatic rings. The van der Waals surface area contributed by atoms with E-state index in [1.54, 1.807) is 0 Å². The lowest BCUT2D eigenvalue weighted by Gasteiger charge is -2.21. The number of rotatable bonds is 4. The third kappa shape index (κ3) is 4.05. The van der Waals surface area contributed by atoms with Gasteiger partial charge < -0.3 is 9.64 Å². The summed E-state index contributed by atoms with van der Waals surface area (Å²) < 4.78 is 18.0. The molecule has 0 aromatic heterocycles. The molecule has 0 aromatic carbocycles. The van der Waals surface area contributed by atoms with E-state index >= 15 is 0 Å². The molecule has 0 N–H and O–H groups in total. The molecule has 3 heteroatoms. The van der Waals surface area contributed by atoms with Crippen LogP contribution in [0.5, 0.6) is 0 Å². The molecule has 1 unspecified atom stereocenters. The Morgan fingerprint density at radius 2 is 2.23 bits per heavy atom. The Balaban J connectivity index is 2.12. The lowest BCUT2D eigenvalue weighted by molar-refractivity contribution is -0.119. The first-order valence-corrected chi connectivity index (χ1v) is 5.02. The van der Waals surface area contributed by atoms with Crippen molar-refractivity contribution in [3.05, 3.63) is 0 Å². The van der Waals surface area contributed by atoms with Gasteiger partial charge in [-0.05, 0) is 46.7 Å². The van der Waals surface area contributed by atoms with Crippen LogP contribution in [0.4, 0.5) is 4.39 Å². The predicted molar refractivity (Wildman–Crippen MR) is 51.4 cm³/mol. The zero-order valence-electron chi connectivity index (χ0n) is 8.85. The smallest absolute Gasteiger partial charge is 0.203 e. The lowest BCUT2D eigenvalue weighted by atomic mass is 10.1. The summed E-state index contributed by atoms with van der Waals surface area (Å²) in [6.45, 7) is 4.60. The van der Waals surface area contributed by atoms with Gasteiger partial charge in [0.25, 0.3) is 0 Å². The highest BCUT2D eigenvalue weighted by Crippen LogP contribution is 2.19. The minimum Gasteiger partial charge on any atom is -0.346 e. The first-order valence-electron chi connectivity index (χ1n) is 5.02. The molecular weight excluding hydrogens is 169 g/mol. The quantitative estimate of drug-likeness (QED) is 0.672. The lowest BCUT2D eigenvalue weighted by Crippen LogP contribution is -2.28. The zero-order chi connectivity index (χ0) is 9.90. The maximum absolute atomic E-state index is 12.9. The molecule has 1 heterocycles. The van der Waals surface area contributed by atoms with E-state index in [0.29, 0.717) is 12.6 Å². The average molecular weight is 189 g/mol. The van der Waals surface area contributed by atoms with Crippen molar-refractivity contribution in [2.45, 2.75) is 45.0 Å². The summed E-state index contributed by atoms with van der Waals surface area (Å²) in [5.74, 6) is -1.48. The Hall–Kier alpha value is -0.150. The van der Waals surface area contributed by atoms with Crippen molar-refractivity contribution in [1.29, 1.82) is 0 Å². The van der Waals surface area contributed by atoms with Crippen molar-refractivity contribution in [3.8, 4) is 0 Å². The van der Waals surface area contributed by atoms with Gasteiger partial charge in [0.05, 0.1) is 6.61 Å². The second-order valence-corrected chi connectivity index (χ2v) is 4.28. The predicted octanol–water partition coefficient (Wildman–Crippen LogP) is 2.19. The van der Waals surface area contributed by atoms with Crippen molar-refractivity contribution in [1.82, 2.24) is 4.90 Å². The summed E-state index contributed by atoms with van der Waals surface area (Å²) in [5.41, 5.74) is 0. The Labute approximate surface area is 80.1 Å². The molecule has 1 aliphatic heterocycles. The van der Waals surface area contributed by atoms with Crippen LogP contribution in [-0.2, 0) is 4.74 Å². The SMILES string of the molecule is CN1CCCC1CCOC(C)(C)F. The van der Waals surface area contributed by atoms with E-state index < -0.39 is 5.85 Å². The largest absolute Gasteiger partial charge is 0.346 e. The monoisotopic (exact) mass is 189 g/mol. The van der Waals surface area contributed by atoms with Crippen molar-refractivity contribution in [2.24, 2.45) is 0 Å². The Morgan fingerprint density at radius 1 is 1.54 bits per heavy atom. The molecule has 0 radical (unpaired) electrons. The van der Waals surface area contributed by atoms with Crippen molar-refractivity contribution in [2.75, 3.05) is 20.2 Å². The summed E-state index contributed by atoms with van der Waals surface area (Å²) in [4.78, 5) is 2.33. The van der Waals surface area contributed by atoms with Gasteiger partial charge >= 0.3 is 0 Å². The van der Waals surface area contributed by atoms with Gasteiger partial charge in [0, 0.05) is 6.04 Å². The second-order valence-electron chi connectivity index (χ2n) is 4.28. The van der Waals surface area contributed by atoms with Crippen molar-refractivity contribution >= 4 is 0 Å². The van der Waals surface area contributed by atoms with Crippen LogP contribution in [0.25, 0.3) is 0 Å². The molecule has 0 saturated carbocycles. The van der Waals surface area contributed by atoms with Gasteiger partial charge in [0.15, 0.2) is 0 Å². The van der Waals surface area contributed by atoms with Gasteiger partial charge in [-0.25, -0.2) is 4.39 Å². The number of hydrogen-bond donors (Lipinski definition) is 0. The number of hydrogen-bond acceptors (Lipinski definition) is 2. The third-order valence-electron chi connectivity index (χ3n) is 2.57. The summed E-state index contributed by atoms with van der Waals surface area (Å²) in [7, 11) is 2.12. The van der Waals surface area contributed by atoms with Crippen LogP contribution < -0.4 is 0 Å². The number of halogens is 1. The Morgan fingerprint density at radius 3 is 2.69 bits per heavy atom. The van der Waals surface area contributed by atoms with Crippen LogP contribution in [0.3, 0.4) is 0 Å². The van der Waals surface area contributed by atoms with Crippen molar-refractivity contribution < 1.29 is 9.13 Å². The number of nitrogens with zero attached hydrogens (tertiary/aromatic N) is 1. The molecule has 0 aliphatic carbocycles. The van der Waals surface area contributed by atoms with Crippen LogP contribution in [0.2, 0.25) is 0 Å². The molecule has 0 spiro atoms. The van der Waals surface area contributed by atoms with Gasteiger partial charge in [0.2, 0.25) is 5.85 Å². The molecule has 1 fully saturated rings. The molecule has 1 rings (SSSR count). The summed E-state index contributed by atoms with van der Waals surface area (Å²) in [6, 6.07) is 0.599. The van der Waals surface area contributed by atoms with Gasteiger partial charge in [-0.3, -0.25) is 0 Å². The normalized spacial score (nSPS) is 25.4. The van der Waals surface area contributed by atoms with Crippen LogP contribution >= 0.6 is 0 Å². The van der Waals surface area contributed by atoms with Crippen LogP contribution in [0.15, 0.2) is 0 Å². The maximum Gasteiger partial charge on any atom is 0.203 e. The highest BCUT2D eigenvalue weighted by Gasteiger charge is 2.22. The molecule has 0 bridgehead atoms. The zero-order valence-corrected chi connectivity index (χ0v) is 8.85. The minimum absolute atomic E-state index is 0.526. The van der Waals surface area contributed by atoms with E-state index in [9.17, 15) is 4.39 Å². The fourth-order valence-corrected chi connectivity index (χ4v) is 1.78. The number of likely N-dealkylation sites (tertiary alicyclic amines) is 1. The molecule has 1 saturated heterocycles. The fourth-order valence-electron chi connectivity index (χ4n) is 1.78. The molecule has 78 valence electrons. The standard InChI is InChI=1S/C10H20FNO/c1-10(2,11)13-8-6-9-5-4-7-12(9)3/h9H,4-8H2,1-3H3. The third-order valence-corrected chi connectivity index (χ3v) is 2.57. The molecule has 1 aliphatic rings. The van der Waals surface area contributed by atoms with Gasteiger partial charge in [-0.2, -0.15) is 0 Å². The van der Waals surface area contributed by atoms with Crippen LogP contribution in [0, 0.1) is 0 Å². The molecule has 1 atom stereocenters. The number of alkyl halides is 1. The van der Waals surface area contributed by atoms with E-state index in [0.717, 1.165) is 6.42 Å². The van der Waals surface area contributed by atoms with E-state index in [1.807, 2.05) is 0 Å². The second kappa shape index (κ2) is 4.38. The Kier molecular flexibility index (Phi) is 3.68. The van der Waals surface area contributed by atoms with E-state index in [-0.39, 0.29) is 0 Å². The summed E-state index contributed by atoms with van der Waals surface area (Å²) in [5, 5.41) is 0. The van der Waals surface area contributed by atoms with Gasteiger partial charge in [-0.1, -0.05) is 0 Å². The molecule has 13 heavy (non-hydrogen) atoms. The van der Waals surface area contributed by atoms with Gasteiger partial charge in [-0.15, -0.1) is 0 Å². The number of ether oxygens (including phenoxy) is 1. The topological polar surface area (TPSA) is 12.5 Å². The molecule has 2 nitrogen and oxygen atoms in total. The molecular formula is C10H20FNO. The first kappa shape index (κ1) is 10.9. The highest BCUT2D eigenvalue weighted by atomic mass is 19.2. The van der Waals surface area contributed by atoms with Crippen LogP contribution in [0.1, 0.15) is 33.1 Å². The van der Waals surface area contributed by atoms with E-state index in [2.05, 4.69) is 11.9 Å². The fraction of sp³-hybridized carbons (Fsp3) is 1.00. The Bertz CT molecular complexity index is 155. The highest BCUT2D eigenvalue weighted by molar-refractivity contribution is 4.75. The summed E-state index contributed by atoms with van der Waals surface area (Å²) >= 11 is 0. The van der Waals surface area contributed by atoms with Gasteiger partial charge in [0.1, 0.15) is 0 Å². The van der Waals surface area contributed by atoms with E-state index in [1.165, 1.54) is 33.2 Å². The molecule has 0 amide bonds. The van der Waals surface area contributed by atoms with Crippen molar-refractivity contribution in [3.63, 3.8) is 0 Å². The van der Waals surface area contributed by atoms with E-state index in [4.69, 9.17) is 4.74 Å². The maximum atomic E-state index is 12.9. The van der Waals surface area contributed by atoms with Crippen LogP contribution in [-0.4, -0.2) is 37.0 Å². The summed E-state index contributed by atoms with van der Waals surface area (Å²) in [6.07, 6.45) is 3.44.